The molecule has 16 heavy (non-hydrogen) atoms. The first-order chi connectivity index (χ1) is 7.74. The van der Waals surface area contributed by atoms with Crippen molar-refractivity contribution in [1.29, 1.82) is 0 Å². The van der Waals surface area contributed by atoms with Crippen LogP contribution in [0.25, 0.3) is 4.96 Å². The molecule has 0 radical (unpaired) electrons. The highest BCUT2D eigenvalue weighted by Crippen LogP contribution is 2.05. The van der Waals surface area contributed by atoms with Crippen LogP contribution in [0.5, 0.6) is 0 Å². The fraction of sp³-hybridized carbons (Fsp3) is 0.100. The van der Waals surface area contributed by atoms with E-state index in [1.165, 1.54) is 21.9 Å². The first-order valence-corrected chi connectivity index (χ1v) is 5.46. The minimum Gasteiger partial charge on any atom is -0.348 e. The highest BCUT2D eigenvalue weighted by atomic mass is 32.1. The lowest BCUT2D eigenvalue weighted by atomic mass is 10.3. The fourth-order valence-corrected chi connectivity index (χ4v) is 1.92. The van der Waals surface area contributed by atoms with E-state index < -0.39 is 5.91 Å². The van der Waals surface area contributed by atoms with Crippen LogP contribution in [0.3, 0.4) is 0 Å². The first kappa shape index (κ1) is 10.6. The molecule has 2 heterocycles. The molecule has 1 amide bonds. The molecule has 2 aromatic heterocycles. The van der Waals surface area contributed by atoms with E-state index in [-0.39, 0.29) is 11.1 Å². The zero-order valence-corrected chi connectivity index (χ0v) is 9.16. The largest absolute Gasteiger partial charge is 0.348 e. The fourth-order valence-electron chi connectivity index (χ4n) is 1.24. The summed E-state index contributed by atoms with van der Waals surface area (Å²) in [4.78, 5) is 28.0. The van der Waals surface area contributed by atoms with Crippen molar-refractivity contribution < 1.29 is 4.79 Å². The van der Waals surface area contributed by atoms with Crippen LogP contribution in [0.4, 0.5) is 0 Å². The molecule has 5 nitrogen and oxygen atoms in total. The quantitative estimate of drug-likeness (QED) is 0.795. The van der Waals surface area contributed by atoms with Gasteiger partial charge in [0.25, 0.3) is 11.5 Å². The van der Waals surface area contributed by atoms with E-state index in [1.807, 2.05) is 0 Å². The monoisotopic (exact) mass is 235 g/mol. The molecule has 82 valence electrons. The maximum atomic E-state index is 11.8. The van der Waals surface area contributed by atoms with Gasteiger partial charge in [0.15, 0.2) is 4.96 Å². The summed E-state index contributed by atoms with van der Waals surface area (Å²) in [6.07, 6.45) is 4.44. The highest BCUT2D eigenvalue weighted by Gasteiger charge is 2.12. The van der Waals surface area contributed by atoms with Crippen molar-refractivity contribution in [3.05, 3.63) is 46.3 Å². The van der Waals surface area contributed by atoms with Gasteiger partial charge in [-0.1, -0.05) is 6.08 Å². The van der Waals surface area contributed by atoms with Gasteiger partial charge in [-0.25, -0.2) is 4.98 Å². The Bertz CT molecular complexity index is 599. The Morgan fingerprint density at radius 1 is 1.69 bits per heavy atom. The van der Waals surface area contributed by atoms with Crippen molar-refractivity contribution in [2.75, 3.05) is 6.54 Å². The molecular formula is C10H9N3O2S. The highest BCUT2D eigenvalue weighted by molar-refractivity contribution is 7.15. The summed E-state index contributed by atoms with van der Waals surface area (Å²) >= 11 is 1.34. The lowest BCUT2D eigenvalue weighted by molar-refractivity contribution is 0.0956. The average molecular weight is 235 g/mol. The van der Waals surface area contributed by atoms with Gasteiger partial charge in [0, 0.05) is 24.3 Å². The van der Waals surface area contributed by atoms with Crippen LogP contribution in [0, 0.1) is 0 Å². The second-order valence-corrected chi connectivity index (χ2v) is 3.90. The third-order valence-electron chi connectivity index (χ3n) is 1.99. The number of amides is 1. The summed E-state index contributed by atoms with van der Waals surface area (Å²) in [6, 6.07) is 0. The molecule has 2 rings (SSSR count). The first-order valence-electron chi connectivity index (χ1n) is 4.58. The minimum absolute atomic E-state index is 0.0396. The van der Waals surface area contributed by atoms with Crippen molar-refractivity contribution in [2.45, 2.75) is 0 Å². The third kappa shape index (κ3) is 1.74. The van der Waals surface area contributed by atoms with E-state index in [1.54, 1.807) is 17.7 Å². The summed E-state index contributed by atoms with van der Waals surface area (Å²) in [5.41, 5.74) is -0.314. The van der Waals surface area contributed by atoms with E-state index in [2.05, 4.69) is 16.9 Å². The lowest BCUT2D eigenvalue weighted by Crippen LogP contribution is -2.31. The topological polar surface area (TPSA) is 63.5 Å². The van der Waals surface area contributed by atoms with Crippen LogP contribution in [0.1, 0.15) is 10.4 Å². The zero-order valence-electron chi connectivity index (χ0n) is 8.34. The van der Waals surface area contributed by atoms with E-state index in [0.717, 1.165) is 0 Å². The van der Waals surface area contributed by atoms with E-state index in [9.17, 15) is 9.59 Å². The Labute approximate surface area is 95.1 Å². The van der Waals surface area contributed by atoms with Gasteiger partial charge in [0.05, 0.1) is 0 Å². The standard InChI is InChI=1S/C10H9N3O2S/c1-2-3-11-8(14)7-6-12-10-13(9(7)15)4-5-16-10/h2,4-6H,1,3H2,(H,11,14). The van der Waals surface area contributed by atoms with E-state index >= 15 is 0 Å². The molecular weight excluding hydrogens is 226 g/mol. The van der Waals surface area contributed by atoms with Crippen LogP contribution in [0.15, 0.2) is 35.2 Å². The van der Waals surface area contributed by atoms with Crippen LogP contribution < -0.4 is 10.9 Å². The molecule has 0 spiro atoms. The molecule has 1 N–H and O–H groups in total. The van der Waals surface area contributed by atoms with Gasteiger partial charge in [0.1, 0.15) is 5.56 Å². The number of fused-ring (bicyclic) bond motifs is 1. The number of rotatable bonds is 3. The summed E-state index contributed by atoms with van der Waals surface area (Å²) in [7, 11) is 0. The van der Waals surface area contributed by atoms with Crippen molar-refractivity contribution in [1.82, 2.24) is 14.7 Å². The number of aromatic nitrogens is 2. The number of nitrogens with one attached hydrogen (secondary N) is 1. The van der Waals surface area contributed by atoms with Crippen LogP contribution in [0.2, 0.25) is 0 Å². The second-order valence-electron chi connectivity index (χ2n) is 3.03. The molecule has 0 unspecified atom stereocenters. The lowest BCUT2D eigenvalue weighted by Gasteiger charge is -2.01. The van der Waals surface area contributed by atoms with Gasteiger partial charge in [0.2, 0.25) is 0 Å². The number of carbonyl (C=O) groups excluding carboxylic acids is 1. The molecule has 0 saturated heterocycles. The van der Waals surface area contributed by atoms with Crippen molar-refractivity contribution in [3.8, 4) is 0 Å². The summed E-state index contributed by atoms with van der Waals surface area (Å²) in [6.45, 7) is 3.80. The summed E-state index contributed by atoms with van der Waals surface area (Å²) in [5, 5.41) is 4.28. The molecule has 0 saturated carbocycles. The SMILES string of the molecule is C=CCNC(=O)c1cnc2sccn2c1=O. The van der Waals surface area contributed by atoms with Crippen molar-refractivity contribution in [2.24, 2.45) is 0 Å². The molecule has 0 bridgehead atoms. The maximum absolute atomic E-state index is 11.8. The predicted octanol–water partition coefficient (Wildman–Crippen LogP) is 0.672. The average Bonchev–Trinajstić information content (AvgIpc) is 2.75. The molecule has 0 aromatic carbocycles. The van der Waals surface area contributed by atoms with Gasteiger partial charge >= 0.3 is 0 Å². The molecule has 0 fully saturated rings. The number of carbonyl (C=O) groups is 1. The maximum Gasteiger partial charge on any atom is 0.271 e. The van der Waals surface area contributed by atoms with Gasteiger partial charge in [-0.05, 0) is 0 Å². The molecule has 6 heteroatoms. The van der Waals surface area contributed by atoms with Gasteiger partial charge in [-0.3, -0.25) is 14.0 Å². The number of hydrogen-bond donors (Lipinski definition) is 1. The van der Waals surface area contributed by atoms with E-state index in [4.69, 9.17) is 0 Å². The smallest absolute Gasteiger partial charge is 0.271 e. The number of thiazole rings is 1. The van der Waals surface area contributed by atoms with Gasteiger partial charge in [-0.2, -0.15) is 0 Å². The Kier molecular flexibility index (Phi) is 2.82. The van der Waals surface area contributed by atoms with Crippen molar-refractivity contribution in [3.63, 3.8) is 0 Å². The van der Waals surface area contributed by atoms with E-state index in [0.29, 0.717) is 11.5 Å². The molecule has 0 aliphatic carbocycles. The Balaban J connectivity index is 2.45. The third-order valence-corrected chi connectivity index (χ3v) is 2.77. The Morgan fingerprint density at radius 2 is 2.50 bits per heavy atom. The summed E-state index contributed by atoms with van der Waals surface area (Å²) < 4.78 is 1.35. The molecule has 0 aliphatic heterocycles. The van der Waals surface area contributed by atoms with Gasteiger partial charge < -0.3 is 5.32 Å². The summed E-state index contributed by atoms with van der Waals surface area (Å²) in [5.74, 6) is -0.432. The number of hydrogen-bond acceptors (Lipinski definition) is 4. The van der Waals surface area contributed by atoms with Crippen molar-refractivity contribution >= 4 is 22.2 Å². The Hall–Kier alpha value is -1.95. The Morgan fingerprint density at radius 3 is 3.25 bits per heavy atom. The molecule has 2 aromatic rings. The molecule has 0 atom stereocenters. The molecule has 0 aliphatic rings. The van der Waals surface area contributed by atoms with Gasteiger partial charge in [-0.15, -0.1) is 17.9 Å². The number of nitrogens with zero attached hydrogens (tertiary/aromatic N) is 2. The normalized spacial score (nSPS) is 10.2. The van der Waals surface area contributed by atoms with Crippen LogP contribution >= 0.6 is 11.3 Å². The zero-order chi connectivity index (χ0) is 11.5. The predicted molar refractivity (Wildman–Crippen MR) is 61.9 cm³/mol. The second kappa shape index (κ2) is 4.28. The van der Waals surface area contributed by atoms with Crippen LogP contribution in [-0.2, 0) is 0 Å². The minimum atomic E-state index is -0.432. The van der Waals surface area contributed by atoms with Crippen LogP contribution in [-0.4, -0.2) is 21.8 Å².